The number of nitrogen functional groups attached to an aromatic ring is 5. The maximum atomic E-state index is 14.3. The number of rotatable bonds is 28. The maximum Gasteiger partial charge on any atom is 0.472 e. The number of hydrogen-bond acceptors (Lipinski definition) is 39. The molecule has 0 radical (unpaired) electrons. The third kappa shape index (κ3) is 15.8. The predicted molar refractivity (Wildman–Crippen MR) is 341 cm³/mol. The van der Waals surface area contributed by atoms with Crippen molar-refractivity contribution in [1.29, 1.82) is 0 Å². The fourth-order valence-corrected chi connectivity index (χ4v) is 16.7. The minimum atomic E-state index is -5.50. The number of aliphatic hydroxyl groups excluding tert-OH is 1. The van der Waals surface area contributed by atoms with E-state index >= 15 is 0 Å². The van der Waals surface area contributed by atoms with Crippen molar-refractivity contribution in [1.82, 2.24) is 87.6 Å². The van der Waals surface area contributed by atoms with Crippen molar-refractivity contribution in [3.8, 4) is 0 Å². The zero-order valence-corrected chi connectivity index (χ0v) is 57.4. The molecule has 0 saturated carbocycles. The van der Waals surface area contributed by atoms with Crippen LogP contribution >= 0.6 is 39.1 Å². The summed E-state index contributed by atoms with van der Waals surface area (Å²) in [7, 11) is -26.8. The molecule has 5 saturated heterocycles. The number of imidazole rings is 4. The molecular formula is C49H62N23O27P5. The van der Waals surface area contributed by atoms with E-state index in [4.69, 9.17) is 93.1 Å². The first kappa shape index (κ1) is 73.3. The van der Waals surface area contributed by atoms with Crippen LogP contribution in [0.3, 0.4) is 0 Å². The van der Waals surface area contributed by atoms with Gasteiger partial charge in [-0.15, -0.1) is 0 Å². The molecule has 55 heteroatoms. The highest BCUT2D eigenvalue weighted by Gasteiger charge is 2.51. The third-order valence-electron chi connectivity index (χ3n) is 17.0. The summed E-state index contributed by atoms with van der Waals surface area (Å²) in [6.45, 7) is -4.53. The Kier molecular flexibility index (Phi) is 20.4. The topological polar surface area (TPSA) is 696 Å². The Hall–Kier alpha value is -7.61. The standard InChI is InChI=1S/C49H62N23O27P5/c50-31-1-2-68(49(74)67-31)32-5-23(97-102(80,81)86-9-27-22(95-100(75,76)77)4-34(92-27)70-18-64-38-42(52)56-14-60-46(38)70)28(91-32)10-88-103(82,83)98-25-7-36(72-20-66-40-44(54)58-16-62-48(40)72)94-30(25)12-89-104(84,85)99-24-6-35(71-19-65-39-43(53)57-15-61-47(39)71)93-29(24)11-87-101(78,79)96-21-3-33(90-26(21)8-73)69-17-63-37-41(51)55-13-59-45(37)69/h1-2,13-30,32-36,73H,3-12H2,(H,78,79)(H,80,81)(H,82,83)(H,84,85)(H2,50,67,74)(H2,51,55,59)(H2,52,56,60)(H2,53,57,61)(H2,54,58,62)(H2,75,76,77)/t21-,22-,23-,24-,25-,26+,27+,28+,29+,30+,32+,33+,34+,35+,36+/m0/s1. The van der Waals surface area contributed by atoms with Crippen LogP contribution in [0.4, 0.5) is 29.1 Å². The quantitative estimate of drug-likeness (QED) is 0.0273. The molecule has 17 N–H and O–H groups in total. The van der Waals surface area contributed by atoms with Crippen molar-refractivity contribution in [3.63, 3.8) is 0 Å². The lowest BCUT2D eigenvalue weighted by atomic mass is 10.2. The molecule has 14 rings (SSSR count). The highest BCUT2D eigenvalue weighted by Crippen LogP contribution is 2.56. The van der Waals surface area contributed by atoms with E-state index in [0.717, 1.165) is 23.5 Å². The van der Waals surface area contributed by atoms with Crippen molar-refractivity contribution in [3.05, 3.63) is 73.4 Å². The molecule has 5 fully saturated rings. The molecule has 0 aliphatic carbocycles. The van der Waals surface area contributed by atoms with Crippen LogP contribution in [0.5, 0.6) is 0 Å². The molecule has 9 aromatic heterocycles. The van der Waals surface area contributed by atoms with Gasteiger partial charge in [0, 0.05) is 38.3 Å². The van der Waals surface area contributed by atoms with Gasteiger partial charge in [-0.2, -0.15) is 4.98 Å². The zero-order valence-electron chi connectivity index (χ0n) is 53.0. The molecule has 104 heavy (non-hydrogen) atoms. The van der Waals surface area contributed by atoms with Gasteiger partial charge in [-0.05, 0) is 6.07 Å². The molecule has 9 aromatic rings. The van der Waals surface area contributed by atoms with Crippen LogP contribution in [0.25, 0.3) is 44.7 Å². The van der Waals surface area contributed by atoms with Gasteiger partial charge in [0.25, 0.3) is 0 Å². The minimum Gasteiger partial charge on any atom is -0.394 e. The van der Waals surface area contributed by atoms with Gasteiger partial charge in [0.1, 0.15) is 145 Å². The molecule has 0 spiro atoms. The zero-order chi connectivity index (χ0) is 73.4. The number of aliphatic hydroxyl groups is 1. The molecular weight excluding hydrogens is 1500 g/mol. The van der Waals surface area contributed by atoms with Crippen molar-refractivity contribution >= 4 is 113 Å². The van der Waals surface area contributed by atoms with E-state index in [0.29, 0.717) is 0 Å². The summed E-state index contributed by atoms with van der Waals surface area (Å²) in [4.78, 5) is 131. The van der Waals surface area contributed by atoms with Crippen LogP contribution < -0.4 is 34.4 Å². The van der Waals surface area contributed by atoms with E-state index in [1.165, 1.54) is 62.2 Å². The second kappa shape index (κ2) is 28.9. The fraction of sp³-hybridized carbons (Fsp3) is 0.510. The molecule has 4 unspecified atom stereocenters. The van der Waals surface area contributed by atoms with Gasteiger partial charge in [0.15, 0.2) is 45.9 Å². The Labute approximate surface area is 579 Å². The minimum absolute atomic E-state index is 0.00442. The smallest absolute Gasteiger partial charge is 0.394 e. The summed E-state index contributed by atoms with van der Waals surface area (Å²) in [6, 6.07) is 1.22. The van der Waals surface area contributed by atoms with Gasteiger partial charge < -0.3 is 86.8 Å². The first-order valence-corrected chi connectivity index (χ1v) is 38.3. The number of nitrogens with zero attached hydrogens (tertiary/aromatic N) is 18. The van der Waals surface area contributed by atoms with Crippen LogP contribution in [-0.4, -0.2) is 216 Å². The van der Waals surface area contributed by atoms with E-state index in [-0.39, 0.29) is 93.0 Å². The molecule has 5 aliphatic heterocycles. The molecule has 0 amide bonds. The highest BCUT2D eigenvalue weighted by molar-refractivity contribution is 7.48. The lowest BCUT2D eigenvalue weighted by Crippen LogP contribution is -2.32. The van der Waals surface area contributed by atoms with Crippen LogP contribution in [0.15, 0.2) is 67.7 Å². The molecule has 19 atom stereocenters. The fourth-order valence-electron chi connectivity index (χ4n) is 12.3. The Bertz CT molecular complexity index is 5000. The van der Waals surface area contributed by atoms with Crippen LogP contribution in [0.1, 0.15) is 63.2 Å². The summed E-state index contributed by atoms with van der Waals surface area (Å²) >= 11 is 0. The third-order valence-corrected chi connectivity index (χ3v) is 21.6. The maximum absolute atomic E-state index is 14.3. The lowest BCUT2D eigenvalue weighted by molar-refractivity contribution is -0.0636. The average molecular weight is 1560 g/mol. The first-order valence-electron chi connectivity index (χ1n) is 30.8. The van der Waals surface area contributed by atoms with Gasteiger partial charge >= 0.3 is 44.8 Å². The van der Waals surface area contributed by atoms with Gasteiger partial charge in [-0.25, -0.2) is 87.4 Å². The van der Waals surface area contributed by atoms with Gasteiger partial charge in [0.2, 0.25) is 0 Å². The number of phosphoric ester groups is 5. The molecule has 560 valence electrons. The summed E-state index contributed by atoms with van der Waals surface area (Å²) < 4.78 is 155. The summed E-state index contributed by atoms with van der Waals surface area (Å²) in [5.41, 5.74) is 30.1. The molecule has 0 aromatic carbocycles. The van der Waals surface area contributed by atoms with Gasteiger partial charge in [0.05, 0.1) is 58.3 Å². The van der Waals surface area contributed by atoms with Crippen LogP contribution in [0, 0.1) is 0 Å². The largest absolute Gasteiger partial charge is 0.472 e. The number of fused-ring (bicyclic) bond motifs is 4. The Morgan fingerprint density at radius 1 is 0.394 bits per heavy atom. The van der Waals surface area contributed by atoms with Crippen molar-refractivity contribution < 1.29 is 122 Å². The first-order chi connectivity index (χ1) is 49.4. The summed E-state index contributed by atoms with van der Waals surface area (Å²) in [6.07, 6.45) is -11.9. The SMILES string of the molecule is Nc1ccn([C@H]2C[C@H](OP(=O)(O)OC[C@H]3O[C@@H](n4cnc5c(N)ncnc54)C[C@@H]3OP(=O)(O)O)[C@@H](COP(=O)(O)O[C@H]3C[C@H](n4cnc5c(N)ncnc54)O[C@@H]3COP(=O)(O)O[C@H]3C[C@H](n4cnc5c(N)ncnc54)O[C@@H]3COP(=O)(O)O[C@H]3C[C@H](n4cnc5c(N)ncnc54)O[C@@H]3CO)O2)c(=O)n1. The van der Waals surface area contributed by atoms with E-state index in [1.54, 1.807) is 0 Å². The van der Waals surface area contributed by atoms with E-state index in [1.807, 2.05) is 0 Å². The number of nitrogens with two attached hydrogens (primary N) is 5. The van der Waals surface area contributed by atoms with Crippen LogP contribution in [0.2, 0.25) is 0 Å². The lowest BCUT2D eigenvalue weighted by Gasteiger charge is -2.26. The van der Waals surface area contributed by atoms with Crippen molar-refractivity contribution in [2.75, 3.05) is 61.7 Å². The molecule has 5 aliphatic rings. The number of aromatic nitrogens is 18. The molecule has 0 bridgehead atoms. The Balaban J connectivity index is 0.666. The molecule has 50 nitrogen and oxygen atoms in total. The normalized spacial score (nSPS) is 29.1. The second-order valence-corrected chi connectivity index (χ2v) is 30.5. The van der Waals surface area contributed by atoms with Crippen LogP contribution in [-0.2, 0) is 87.2 Å². The Morgan fingerprint density at radius 2 is 0.663 bits per heavy atom. The van der Waals surface area contributed by atoms with E-state index < -0.39 is 183 Å². The predicted octanol–water partition coefficient (Wildman–Crippen LogP) is -0.570. The second-order valence-electron chi connectivity index (χ2n) is 23.6. The molecule has 14 heterocycles. The van der Waals surface area contributed by atoms with Crippen molar-refractivity contribution in [2.24, 2.45) is 0 Å². The number of anilines is 5. The van der Waals surface area contributed by atoms with Gasteiger partial charge in [-0.1, -0.05) is 0 Å². The van der Waals surface area contributed by atoms with E-state index in [2.05, 4.69) is 64.8 Å². The van der Waals surface area contributed by atoms with E-state index in [9.17, 15) is 62.1 Å². The Morgan fingerprint density at radius 3 is 0.942 bits per heavy atom. The van der Waals surface area contributed by atoms with Crippen molar-refractivity contribution in [2.45, 2.75) is 124 Å². The number of ether oxygens (including phenoxy) is 5. The average Bonchev–Trinajstić information content (AvgIpc) is 1.66. The number of phosphoric acid groups is 5. The monoisotopic (exact) mass is 1560 g/mol. The highest BCUT2D eigenvalue weighted by atomic mass is 31.2. The summed E-state index contributed by atoms with van der Waals surface area (Å²) in [5, 5.41) is 10.3. The van der Waals surface area contributed by atoms with Gasteiger partial charge in [-0.3, -0.25) is 63.5 Å². The summed E-state index contributed by atoms with van der Waals surface area (Å²) in [5.74, 6) is -0.173. The number of hydrogen-bond donors (Lipinski definition) is 12.